The average molecular weight is 315 g/mol. The maximum absolute atomic E-state index is 14.2. The van der Waals surface area contributed by atoms with Crippen molar-refractivity contribution < 1.29 is 17.5 Å². The molecule has 0 aliphatic carbocycles. The highest BCUT2D eigenvalue weighted by molar-refractivity contribution is 7.91. The topological polar surface area (TPSA) is 55.4 Å². The lowest BCUT2D eigenvalue weighted by Gasteiger charge is -2.22. The predicted octanol–water partition coefficient (Wildman–Crippen LogP) is 2.31. The van der Waals surface area contributed by atoms with Crippen LogP contribution in [0.2, 0.25) is 0 Å². The molecule has 0 saturated carbocycles. The highest BCUT2D eigenvalue weighted by atomic mass is 32.2. The Kier molecular flexibility index (Phi) is 5.22. The van der Waals surface area contributed by atoms with Crippen LogP contribution in [0.1, 0.15) is 31.4 Å². The molecule has 118 valence electrons. The molecule has 1 aliphatic rings. The highest BCUT2D eigenvalue weighted by Gasteiger charge is 2.30. The van der Waals surface area contributed by atoms with E-state index in [9.17, 15) is 12.8 Å². The lowest BCUT2D eigenvalue weighted by atomic mass is 9.94. The Bertz CT molecular complexity index is 589. The van der Waals surface area contributed by atoms with Crippen LogP contribution in [0.5, 0.6) is 5.75 Å². The second kappa shape index (κ2) is 6.75. The fraction of sp³-hybridized carbons (Fsp3) is 0.600. The van der Waals surface area contributed by atoms with Crippen molar-refractivity contribution in [2.45, 2.75) is 25.8 Å². The molecule has 1 aliphatic heterocycles. The van der Waals surface area contributed by atoms with E-state index in [1.54, 1.807) is 12.1 Å². The van der Waals surface area contributed by atoms with Crippen LogP contribution in [0.3, 0.4) is 0 Å². The molecule has 0 spiro atoms. The molecule has 21 heavy (non-hydrogen) atoms. The standard InChI is InChI=1S/C15H22FNO3S/c1-3-17-15(8-11-6-7-21(18,19)10-11)13-5-4-12(20-2)9-14(13)16/h4-5,9,11,15,17H,3,6-8,10H2,1-2H3. The summed E-state index contributed by atoms with van der Waals surface area (Å²) in [4.78, 5) is 0. The smallest absolute Gasteiger partial charge is 0.150 e. The van der Waals surface area contributed by atoms with E-state index >= 15 is 0 Å². The van der Waals surface area contributed by atoms with E-state index in [0.29, 0.717) is 30.7 Å². The Morgan fingerprint density at radius 2 is 2.24 bits per heavy atom. The Morgan fingerprint density at radius 3 is 2.76 bits per heavy atom. The van der Waals surface area contributed by atoms with Gasteiger partial charge in [0.05, 0.1) is 18.6 Å². The van der Waals surface area contributed by atoms with Gasteiger partial charge in [-0.1, -0.05) is 13.0 Å². The third kappa shape index (κ3) is 4.17. The Morgan fingerprint density at radius 1 is 1.48 bits per heavy atom. The number of hydrogen-bond donors (Lipinski definition) is 1. The molecule has 2 rings (SSSR count). The molecule has 0 amide bonds. The van der Waals surface area contributed by atoms with E-state index in [1.807, 2.05) is 6.92 Å². The largest absolute Gasteiger partial charge is 0.497 e. The number of sulfone groups is 1. The molecule has 1 heterocycles. The van der Waals surface area contributed by atoms with Gasteiger partial charge in [-0.15, -0.1) is 0 Å². The van der Waals surface area contributed by atoms with Crippen molar-refractivity contribution in [1.29, 1.82) is 0 Å². The van der Waals surface area contributed by atoms with Gasteiger partial charge >= 0.3 is 0 Å². The number of ether oxygens (including phenoxy) is 1. The first kappa shape index (κ1) is 16.2. The SMILES string of the molecule is CCNC(CC1CCS(=O)(=O)C1)c1ccc(OC)cc1F. The van der Waals surface area contributed by atoms with E-state index in [0.717, 1.165) is 0 Å². The van der Waals surface area contributed by atoms with Crippen molar-refractivity contribution in [2.75, 3.05) is 25.2 Å². The van der Waals surface area contributed by atoms with E-state index in [1.165, 1.54) is 13.2 Å². The van der Waals surface area contributed by atoms with Crippen molar-refractivity contribution in [1.82, 2.24) is 5.32 Å². The van der Waals surface area contributed by atoms with E-state index in [-0.39, 0.29) is 29.3 Å². The van der Waals surface area contributed by atoms with Crippen molar-refractivity contribution in [3.05, 3.63) is 29.6 Å². The molecule has 1 fully saturated rings. The van der Waals surface area contributed by atoms with Crippen molar-refractivity contribution in [3.8, 4) is 5.75 Å². The van der Waals surface area contributed by atoms with Crippen LogP contribution < -0.4 is 10.1 Å². The number of methoxy groups -OCH3 is 1. The monoisotopic (exact) mass is 315 g/mol. The summed E-state index contributed by atoms with van der Waals surface area (Å²) in [6.45, 7) is 2.66. The third-order valence-corrected chi connectivity index (χ3v) is 5.77. The molecule has 1 N–H and O–H groups in total. The summed E-state index contributed by atoms with van der Waals surface area (Å²) < 4.78 is 42.3. The molecular formula is C15H22FNO3S. The number of benzene rings is 1. The fourth-order valence-corrected chi connectivity index (χ4v) is 4.76. The predicted molar refractivity (Wildman–Crippen MR) is 80.7 cm³/mol. The number of nitrogens with one attached hydrogen (secondary N) is 1. The average Bonchev–Trinajstić information content (AvgIpc) is 2.77. The van der Waals surface area contributed by atoms with Gasteiger partial charge in [-0.25, -0.2) is 12.8 Å². The van der Waals surface area contributed by atoms with Gasteiger partial charge in [-0.05, 0) is 31.4 Å². The van der Waals surface area contributed by atoms with Crippen LogP contribution in [0, 0.1) is 11.7 Å². The van der Waals surface area contributed by atoms with Gasteiger partial charge in [0.25, 0.3) is 0 Å². The molecule has 0 aromatic heterocycles. The summed E-state index contributed by atoms with van der Waals surface area (Å²) in [5.41, 5.74) is 0.571. The first-order valence-corrected chi connectivity index (χ1v) is 9.04. The van der Waals surface area contributed by atoms with E-state index < -0.39 is 9.84 Å². The summed E-state index contributed by atoms with van der Waals surface area (Å²) in [6.07, 6.45) is 1.30. The Balaban J connectivity index is 2.15. The number of hydrogen-bond acceptors (Lipinski definition) is 4. The quantitative estimate of drug-likeness (QED) is 0.875. The summed E-state index contributed by atoms with van der Waals surface area (Å²) in [7, 11) is -1.40. The van der Waals surface area contributed by atoms with Gasteiger partial charge in [0.15, 0.2) is 9.84 Å². The first-order valence-electron chi connectivity index (χ1n) is 7.22. The molecule has 1 aromatic rings. The lowest BCUT2D eigenvalue weighted by Crippen LogP contribution is -2.25. The summed E-state index contributed by atoms with van der Waals surface area (Å²) in [5, 5.41) is 3.26. The molecule has 4 nitrogen and oxygen atoms in total. The molecule has 2 atom stereocenters. The minimum absolute atomic E-state index is 0.0977. The zero-order valence-electron chi connectivity index (χ0n) is 12.4. The molecule has 0 radical (unpaired) electrons. The molecule has 1 saturated heterocycles. The van der Waals surface area contributed by atoms with Gasteiger partial charge in [0.1, 0.15) is 11.6 Å². The van der Waals surface area contributed by atoms with Crippen molar-refractivity contribution in [2.24, 2.45) is 5.92 Å². The fourth-order valence-electron chi connectivity index (χ4n) is 2.88. The number of rotatable bonds is 6. The lowest BCUT2D eigenvalue weighted by molar-refractivity contribution is 0.398. The third-order valence-electron chi connectivity index (χ3n) is 3.93. The second-order valence-electron chi connectivity index (χ2n) is 5.50. The zero-order chi connectivity index (χ0) is 15.5. The van der Waals surface area contributed by atoms with Crippen LogP contribution in [0.15, 0.2) is 18.2 Å². The maximum atomic E-state index is 14.2. The molecule has 0 bridgehead atoms. The van der Waals surface area contributed by atoms with Crippen molar-refractivity contribution >= 4 is 9.84 Å². The van der Waals surface area contributed by atoms with Crippen LogP contribution in [-0.4, -0.2) is 33.6 Å². The highest BCUT2D eigenvalue weighted by Crippen LogP contribution is 2.31. The molecule has 1 aromatic carbocycles. The van der Waals surface area contributed by atoms with Gasteiger partial charge < -0.3 is 10.1 Å². The minimum atomic E-state index is -2.90. The molecular weight excluding hydrogens is 293 g/mol. The number of halogens is 1. The summed E-state index contributed by atoms with van der Waals surface area (Å²) in [6, 6.07) is 4.64. The van der Waals surface area contributed by atoms with Crippen molar-refractivity contribution in [3.63, 3.8) is 0 Å². The normalized spacial score (nSPS) is 22.1. The van der Waals surface area contributed by atoms with Gasteiger partial charge in [0.2, 0.25) is 0 Å². The zero-order valence-corrected chi connectivity index (χ0v) is 13.2. The van der Waals surface area contributed by atoms with E-state index in [2.05, 4.69) is 5.32 Å². The van der Waals surface area contributed by atoms with Crippen LogP contribution >= 0.6 is 0 Å². The summed E-state index contributed by atoms with van der Waals surface area (Å²) in [5.74, 6) is 0.727. The molecule has 6 heteroatoms. The molecule has 2 unspecified atom stereocenters. The minimum Gasteiger partial charge on any atom is -0.497 e. The maximum Gasteiger partial charge on any atom is 0.150 e. The Labute approximate surface area is 125 Å². The summed E-state index contributed by atoms with van der Waals surface area (Å²) >= 11 is 0. The van der Waals surface area contributed by atoms with Gasteiger partial charge in [-0.3, -0.25) is 0 Å². The van der Waals surface area contributed by atoms with Crippen LogP contribution in [-0.2, 0) is 9.84 Å². The van der Waals surface area contributed by atoms with Gasteiger partial charge in [-0.2, -0.15) is 0 Å². The Hall–Kier alpha value is -1.14. The van der Waals surface area contributed by atoms with Crippen LogP contribution in [0.25, 0.3) is 0 Å². The van der Waals surface area contributed by atoms with Gasteiger partial charge in [0, 0.05) is 17.7 Å². The second-order valence-corrected chi connectivity index (χ2v) is 7.73. The van der Waals surface area contributed by atoms with E-state index in [4.69, 9.17) is 4.74 Å². The van der Waals surface area contributed by atoms with Crippen LogP contribution in [0.4, 0.5) is 4.39 Å². The first-order chi connectivity index (χ1) is 9.95.